The van der Waals surface area contributed by atoms with Crippen LogP contribution in [0.3, 0.4) is 0 Å². The molecule has 5 heteroatoms. The topological polar surface area (TPSA) is 29.5 Å². The van der Waals surface area contributed by atoms with Gasteiger partial charge in [0.25, 0.3) is 5.91 Å². The van der Waals surface area contributed by atoms with Gasteiger partial charge < -0.3 is 9.64 Å². The van der Waals surface area contributed by atoms with E-state index in [0.717, 1.165) is 18.4 Å². The number of carbonyl (C=O) groups is 1. The molecule has 1 saturated carbocycles. The van der Waals surface area contributed by atoms with E-state index < -0.39 is 5.82 Å². The van der Waals surface area contributed by atoms with E-state index in [1.807, 2.05) is 36.1 Å². The van der Waals surface area contributed by atoms with Crippen molar-refractivity contribution in [3.05, 3.63) is 64.4 Å². The van der Waals surface area contributed by atoms with Crippen LogP contribution in [0.2, 0.25) is 5.02 Å². The molecule has 3 rings (SSSR count). The molecule has 24 heavy (non-hydrogen) atoms. The number of amides is 1. The molecule has 1 fully saturated rings. The summed E-state index contributed by atoms with van der Waals surface area (Å²) in [6.07, 6.45) is 1.92. The molecule has 2 aromatic rings. The Hall–Kier alpha value is -2.07. The Morgan fingerprint density at radius 2 is 2.00 bits per heavy atom. The van der Waals surface area contributed by atoms with Gasteiger partial charge in [-0.3, -0.25) is 4.79 Å². The van der Waals surface area contributed by atoms with E-state index in [-0.39, 0.29) is 23.7 Å². The number of ether oxygens (including phenoxy) is 1. The number of nitrogens with zero attached hydrogens (tertiary/aromatic N) is 1. The monoisotopic (exact) mass is 347 g/mol. The van der Waals surface area contributed by atoms with Crippen LogP contribution < -0.4 is 4.74 Å². The summed E-state index contributed by atoms with van der Waals surface area (Å²) in [5, 5.41) is 0.629. The van der Waals surface area contributed by atoms with E-state index in [1.165, 1.54) is 19.2 Å². The van der Waals surface area contributed by atoms with Crippen molar-refractivity contribution in [2.45, 2.75) is 31.8 Å². The molecule has 1 aliphatic carbocycles. The van der Waals surface area contributed by atoms with Gasteiger partial charge in [-0.1, -0.05) is 29.8 Å². The molecule has 0 saturated heterocycles. The second-order valence-electron chi connectivity index (χ2n) is 5.99. The van der Waals surface area contributed by atoms with Gasteiger partial charge in [0, 0.05) is 16.6 Å². The molecular weight excluding hydrogens is 329 g/mol. The summed E-state index contributed by atoms with van der Waals surface area (Å²) in [7, 11) is 1.40. The standard InChI is InChI=1S/C19H19ClFNO2/c1-12(15-5-3-4-6-16(15)20)22(14-8-9-14)19(23)13-7-10-18(24-2)17(21)11-13/h3-7,10-12,14H,8-9H2,1-2H3. The van der Waals surface area contributed by atoms with Crippen LogP contribution >= 0.6 is 11.6 Å². The molecule has 1 unspecified atom stereocenters. The molecule has 0 aliphatic heterocycles. The summed E-state index contributed by atoms with van der Waals surface area (Å²) < 4.78 is 18.9. The zero-order valence-corrected chi connectivity index (χ0v) is 14.4. The predicted molar refractivity (Wildman–Crippen MR) is 92.0 cm³/mol. The van der Waals surface area contributed by atoms with Crippen LogP contribution in [-0.2, 0) is 0 Å². The minimum atomic E-state index is -0.538. The van der Waals surface area contributed by atoms with Crippen molar-refractivity contribution in [1.29, 1.82) is 0 Å². The third-order valence-corrected chi connectivity index (χ3v) is 4.69. The van der Waals surface area contributed by atoms with E-state index in [0.29, 0.717) is 10.6 Å². The summed E-state index contributed by atoms with van der Waals surface area (Å²) in [6.45, 7) is 1.96. The summed E-state index contributed by atoms with van der Waals surface area (Å²) in [6, 6.07) is 11.8. The fourth-order valence-electron chi connectivity index (χ4n) is 2.92. The maximum absolute atomic E-state index is 14.0. The molecule has 1 aliphatic rings. The van der Waals surface area contributed by atoms with Crippen LogP contribution in [0.4, 0.5) is 4.39 Å². The highest BCUT2D eigenvalue weighted by Crippen LogP contribution is 2.37. The van der Waals surface area contributed by atoms with E-state index in [9.17, 15) is 9.18 Å². The maximum atomic E-state index is 14.0. The van der Waals surface area contributed by atoms with Crippen molar-refractivity contribution in [3.8, 4) is 5.75 Å². The molecular formula is C19H19ClFNO2. The average Bonchev–Trinajstić information content (AvgIpc) is 3.40. The lowest BCUT2D eigenvalue weighted by Crippen LogP contribution is -2.35. The van der Waals surface area contributed by atoms with Crippen molar-refractivity contribution in [2.75, 3.05) is 7.11 Å². The van der Waals surface area contributed by atoms with Crippen molar-refractivity contribution in [2.24, 2.45) is 0 Å². The highest BCUT2D eigenvalue weighted by molar-refractivity contribution is 6.31. The Morgan fingerprint density at radius 1 is 1.29 bits per heavy atom. The fourth-order valence-corrected chi connectivity index (χ4v) is 3.22. The van der Waals surface area contributed by atoms with Crippen molar-refractivity contribution < 1.29 is 13.9 Å². The number of carbonyl (C=O) groups excluding carboxylic acids is 1. The average molecular weight is 348 g/mol. The smallest absolute Gasteiger partial charge is 0.254 e. The van der Waals surface area contributed by atoms with Gasteiger partial charge in [0.05, 0.1) is 13.2 Å². The molecule has 2 aromatic carbocycles. The van der Waals surface area contributed by atoms with Crippen LogP contribution in [0, 0.1) is 5.82 Å². The SMILES string of the molecule is COc1ccc(C(=O)N(C2CC2)C(C)c2ccccc2Cl)cc1F. The Bertz CT molecular complexity index is 761. The molecule has 1 atom stereocenters. The summed E-state index contributed by atoms with van der Waals surface area (Å²) in [5.74, 6) is -0.598. The van der Waals surface area contributed by atoms with Gasteiger partial charge in [0.2, 0.25) is 0 Å². The summed E-state index contributed by atoms with van der Waals surface area (Å²) in [4.78, 5) is 14.8. The molecule has 0 radical (unpaired) electrons. The second kappa shape index (κ2) is 6.81. The predicted octanol–water partition coefficient (Wildman–Crippen LogP) is 4.85. The lowest BCUT2D eigenvalue weighted by atomic mass is 10.0. The van der Waals surface area contributed by atoms with Crippen LogP contribution in [0.1, 0.15) is 41.7 Å². The number of rotatable bonds is 5. The first kappa shape index (κ1) is 16.8. The van der Waals surface area contributed by atoms with Gasteiger partial charge in [-0.15, -0.1) is 0 Å². The minimum absolute atomic E-state index is 0.128. The first-order valence-electron chi connectivity index (χ1n) is 7.93. The number of halogens is 2. The lowest BCUT2D eigenvalue weighted by molar-refractivity contribution is 0.0673. The van der Waals surface area contributed by atoms with Crippen LogP contribution in [-0.4, -0.2) is 24.0 Å². The van der Waals surface area contributed by atoms with Crippen molar-refractivity contribution in [3.63, 3.8) is 0 Å². The molecule has 0 bridgehead atoms. The minimum Gasteiger partial charge on any atom is -0.494 e. The van der Waals surface area contributed by atoms with E-state index >= 15 is 0 Å². The zero-order chi connectivity index (χ0) is 17.3. The highest BCUT2D eigenvalue weighted by atomic mass is 35.5. The van der Waals surface area contributed by atoms with E-state index in [4.69, 9.17) is 16.3 Å². The molecule has 0 heterocycles. The van der Waals surface area contributed by atoms with Crippen molar-refractivity contribution in [1.82, 2.24) is 4.90 Å². The van der Waals surface area contributed by atoms with Crippen LogP contribution in [0.25, 0.3) is 0 Å². The largest absolute Gasteiger partial charge is 0.494 e. The van der Waals surface area contributed by atoms with Gasteiger partial charge in [0.15, 0.2) is 11.6 Å². The highest BCUT2D eigenvalue weighted by Gasteiger charge is 2.37. The molecule has 0 N–H and O–H groups in total. The van der Waals surface area contributed by atoms with E-state index in [1.54, 1.807) is 6.07 Å². The normalized spacial score (nSPS) is 15.0. The summed E-state index contributed by atoms with van der Waals surface area (Å²) >= 11 is 6.29. The van der Waals surface area contributed by atoms with Crippen LogP contribution in [0.15, 0.2) is 42.5 Å². The first-order valence-corrected chi connectivity index (χ1v) is 8.31. The zero-order valence-electron chi connectivity index (χ0n) is 13.6. The molecule has 1 amide bonds. The molecule has 0 aromatic heterocycles. The quantitative estimate of drug-likeness (QED) is 0.773. The maximum Gasteiger partial charge on any atom is 0.254 e. The van der Waals surface area contributed by atoms with Gasteiger partial charge in [0.1, 0.15) is 0 Å². The number of benzene rings is 2. The third kappa shape index (κ3) is 3.24. The number of methoxy groups -OCH3 is 1. The number of hydrogen-bond acceptors (Lipinski definition) is 2. The first-order chi connectivity index (χ1) is 11.5. The summed E-state index contributed by atoms with van der Waals surface area (Å²) in [5.41, 5.74) is 1.22. The number of hydrogen-bond donors (Lipinski definition) is 0. The van der Waals surface area contributed by atoms with Gasteiger partial charge in [-0.25, -0.2) is 4.39 Å². The van der Waals surface area contributed by atoms with Crippen molar-refractivity contribution >= 4 is 17.5 Å². The van der Waals surface area contributed by atoms with Gasteiger partial charge in [-0.05, 0) is 49.6 Å². The Morgan fingerprint density at radius 3 is 2.58 bits per heavy atom. The molecule has 0 spiro atoms. The Balaban J connectivity index is 1.92. The van der Waals surface area contributed by atoms with Gasteiger partial charge in [-0.2, -0.15) is 0 Å². The molecule has 3 nitrogen and oxygen atoms in total. The molecule has 126 valence electrons. The lowest BCUT2D eigenvalue weighted by Gasteiger charge is -2.30. The second-order valence-corrected chi connectivity index (χ2v) is 6.40. The van der Waals surface area contributed by atoms with E-state index in [2.05, 4.69) is 0 Å². The Labute approximate surface area is 146 Å². The van der Waals surface area contributed by atoms with Crippen LogP contribution in [0.5, 0.6) is 5.75 Å². The fraction of sp³-hybridized carbons (Fsp3) is 0.316. The third-order valence-electron chi connectivity index (χ3n) is 4.35. The Kier molecular flexibility index (Phi) is 4.76. The van der Waals surface area contributed by atoms with Gasteiger partial charge >= 0.3 is 0 Å².